The lowest BCUT2D eigenvalue weighted by Gasteiger charge is -2.31. The summed E-state index contributed by atoms with van der Waals surface area (Å²) in [5.74, 6) is -0.681. The number of benzene rings is 2. The van der Waals surface area contributed by atoms with Gasteiger partial charge in [0.15, 0.2) is 0 Å². The Bertz CT molecular complexity index is 674. The second-order valence-electron chi connectivity index (χ2n) is 6.48. The molecule has 0 saturated carbocycles. The Hall–Kier alpha value is -2.13. The maximum Gasteiger partial charge on any atom is 0.310 e. The summed E-state index contributed by atoms with van der Waals surface area (Å²) in [5, 5.41) is 9.86. The van der Waals surface area contributed by atoms with E-state index in [1.807, 2.05) is 43.3 Å². The third kappa shape index (κ3) is 3.15. The zero-order chi connectivity index (χ0) is 16.3. The molecule has 0 radical (unpaired) electrons. The van der Waals surface area contributed by atoms with Crippen LogP contribution in [0.2, 0.25) is 0 Å². The van der Waals surface area contributed by atoms with Crippen molar-refractivity contribution in [3.8, 4) is 11.1 Å². The first-order valence-corrected chi connectivity index (χ1v) is 8.06. The minimum absolute atomic E-state index is 0.0591. The highest BCUT2D eigenvalue weighted by Gasteiger charge is 2.43. The number of hydrogen-bond donors (Lipinski definition) is 1. The summed E-state index contributed by atoms with van der Waals surface area (Å²) in [6.07, 6.45) is 1.33. The summed E-state index contributed by atoms with van der Waals surface area (Å²) in [6.45, 7) is 3.06. The van der Waals surface area contributed by atoms with Crippen LogP contribution in [0.5, 0.6) is 0 Å². The van der Waals surface area contributed by atoms with Crippen molar-refractivity contribution in [3.05, 3.63) is 60.2 Å². The third-order valence-electron chi connectivity index (χ3n) is 4.98. The van der Waals surface area contributed by atoms with E-state index in [1.54, 1.807) is 0 Å². The zero-order valence-corrected chi connectivity index (χ0v) is 13.4. The summed E-state index contributed by atoms with van der Waals surface area (Å²) in [5.41, 5.74) is 2.51. The molecule has 0 aliphatic carbocycles. The SMILES string of the molecule is CC(Cc1ccccc1-c1ccccc1)(C(=O)O)C1CCOC1. The molecule has 3 heteroatoms. The van der Waals surface area contributed by atoms with Crippen LogP contribution in [0.3, 0.4) is 0 Å². The van der Waals surface area contributed by atoms with Crippen LogP contribution in [-0.4, -0.2) is 24.3 Å². The van der Waals surface area contributed by atoms with Gasteiger partial charge in [0.25, 0.3) is 0 Å². The first-order valence-electron chi connectivity index (χ1n) is 8.06. The van der Waals surface area contributed by atoms with Crippen LogP contribution in [-0.2, 0) is 16.0 Å². The van der Waals surface area contributed by atoms with Crippen molar-refractivity contribution < 1.29 is 14.6 Å². The first-order chi connectivity index (χ1) is 11.1. The molecule has 2 aromatic carbocycles. The van der Waals surface area contributed by atoms with E-state index >= 15 is 0 Å². The Labute approximate surface area is 136 Å². The summed E-state index contributed by atoms with van der Waals surface area (Å²) in [4.78, 5) is 12.0. The van der Waals surface area contributed by atoms with Gasteiger partial charge in [-0.2, -0.15) is 0 Å². The van der Waals surface area contributed by atoms with E-state index in [-0.39, 0.29) is 5.92 Å². The maximum atomic E-state index is 12.0. The lowest BCUT2D eigenvalue weighted by Crippen LogP contribution is -2.38. The normalized spacial score (nSPS) is 20.1. The van der Waals surface area contributed by atoms with Crippen LogP contribution in [0.4, 0.5) is 0 Å². The molecule has 1 fully saturated rings. The number of carboxylic acid groups (broad SMARTS) is 1. The maximum absolute atomic E-state index is 12.0. The minimum atomic E-state index is -0.804. The predicted octanol–water partition coefficient (Wildman–Crippen LogP) is 4.02. The van der Waals surface area contributed by atoms with E-state index in [0.29, 0.717) is 19.6 Å². The second kappa shape index (κ2) is 6.55. The molecule has 2 atom stereocenters. The van der Waals surface area contributed by atoms with Crippen LogP contribution in [0.25, 0.3) is 11.1 Å². The van der Waals surface area contributed by atoms with Gasteiger partial charge in [0.1, 0.15) is 0 Å². The molecular formula is C20H22O3. The van der Waals surface area contributed by atoms with Crippen LogP contribution < -0.4 is 0 Å². The van der Waals surface area contributed by atoms with E-state index in [9.17, 15) is 9.90 Å². The fourth-order valence-electron chi connectivity index (χ4n) is 3.40. The van der Waals surface area contributed by atoms with Gasteiger partial charge in [-0.1, -0.05) is 54.6 Å². The second-order valence-corrected chi connectivity index (χ2v) is 6.48. The van der Waals surface area contributed by atoms with Crippen molar-refractivity contribution >= 4 is 5.97 Å². The van der Waals surface area contributed by atoms with Gasteiger partial charge in [-0.3, -0.25) is 4.79 Å². The molecule has 0 spiro atoms. The molecule has 120 valence electrons. The van der Waals surface area contributed by atoms with Crippen LogP contribution in [0, 0.1) is 11.3 Å². The Morgan fingerprint density at radius 3 is 2.52 bits per heavy atom. The molecule has 1 aliphatic rings. The van der Waals surface area contributed by atoms with Crippen molar-refractivity contribution in [3.63, 3.8) is 0 Å². The molecule has 23 heavy (non-hydrogen) atoms. The molecule has 0 aromatic heterocycles. The number of aliphatic carboxylic acids is 1. The summed E-state index contributed by atoms with van der Waals surface area (Å²) >= 11 is 0. The van der Waals surface area contributed by atoms with Crippen LogP contribution >= 0.6 is 0 Å². The smallest absolute Gasteiger partial charge is 0.310 e. The largest absolute Gasteiger partial charge is 0.481 e. The van der Waals surface area contributed by atoms with Gasteiger partial charge < -0.3 is 9.84 Å². The number of carboxylic acids is 1. The molecule has 1 heterocycles. The average molecular weight is 310 g/mol. The average Bonchev–Trinajstić information content (AvgIpc) is 3.11. The Kier molecular flexibility index (Phi) is 4.49. The van der Waals surface area contributed by atoms with E-state index in [2.05, 4.69) is 18.2 Å². The lowest BCUT2D eigenvalue weighted by molar-refractivity contribution is -0.151. The molecular weight excluding hydrogens is 288 g/mol. The Balaban J connectivity index is 1.97. The molecule has 1 saturated heterocycles. The molecule has 1 N–H and O–H groups in total. The first kappa shape index (κ1) is 15.8. The van der Waals surface area contributed by atoms with Crippen molar-refractivity contribution in [2.45, 2.75) is 19.8 Å². The standard InChI is InChI=1S/C20H22O3/c1-20(19(21)22,17-11-12-23-14-17)13-16-9-5-6-10-18(16)15-7-3-2-4-8-15/h2-10,17H,11-14H2,1H3,(H,21,22). The number of hydrogen-bond acceptors (Lipinski definition) is 2. The molecule has 2 aromatic rings. The van der Waals surface area contributed by atoms with Gasteiger partial charge >= 0.3 is 5.97 Å². The number of carbonyl (C=O) groups is 1. The molecule has 2 unspecified atom stereocenters. The molecule has 1 aliphatic heterocycles. The van der Waals surface area contributed by atoms with Gasteiger partial charge in [-0.05, 0) is 36.5 Å². The van der Waals surface area contributed by atoms with E-state index in [1.165, 1.54) is 0 Å². The molecule has 0 amide bonds. The van der Waals surface area contributed by atoms with Gasteiger partial charge in [0, 0.05) is 12.5 Å². The van der Waals surface area contributed by atoms with Crippen molar-refractivity contribution in [2.75, 3.05) is 13.2 Å². The van der Waals surface area contributed by atoms with E-state index < -0.39 is 11.4 Å². The van der Waals surface area contributed by atoms with Gasteiger partial charge in [-0.15, -0.1) is 0 Å². The van der Waals surface area contributed by atoms with E-state index in [4.69, 9.17) is 4.74 Å². The molecule has 0 bridgehead atoms. The zero-order valence-electron chi connectivity index (χ0n) is 13.4. The van der Waals surface area contributed by atoms with E-state index in [0.717, 1.165) is 23.1 Å². The molecule has 3 rings (SSSR count). The third-order valence-corrected chi connectivity index (χ3v) is 4.98. The Morgan fingerprint density at radius 1 is 1.17 bits per heavy atom. The summed E-state index contributed by atoms with van der Waals surface area (Å²) < 4.78 is 5.44. The molecule has 3 nitrogen and oxygen atoms in total. The highest BCUT2D eigenvalue weighted by Crippen LogP contribution is 2.39. The lowest BCUT2D eigenvalue weighted by atomic mass is 9.71. The van der Waals surface area contributed by atoms with Gasteiger partial charge in [0.2, 0.25) is 0 Å². The quantitative estimate of drug-likeness (QED) is 0.907. The summed E-state index contributed by atoms with van der Waals surface area (Å²) in [7, 11) is 0. The number of ether oxygens (including phenoxy) is 1. The summed E-state index contributed by atoms with van der Waals surface area (Å²) in [6, 6.07) is 18.2. The fraction of sp³-hybridized carbons (Fsp3) is 0.350. The monoisotopic (exact) mass is 310 g/mol. The van der Waals surface area contributed by atoms with Crippen LogP contribution in [0.1, 0.15) is 18.9 Å². The van der Waals surface area contributed by atoms with Gasteiger partial charge in [-0.25, -0.2) is 0 Å². The minimum Gasteiger partial charge on any atom is -0.481 e. The van der Waals surface area contributed by atoms with Crippen molar-refractivity contribution in [1.82, 2.24) is 0 Å². The highest BCUT2D eigenvalue weighted by molar-refractivity contribution is 5.76. The Morgan fingerprint density at radius 2 is 1.87 bits per heavy atom. The van der Waals surface area contributed by atoms with Crippen molar-refractivity contribution in [1.29, 1.82) is 0 Å². The highest BCUT2D eigenvalue weighted by atomic mass is 16.5. The topological polar surface area (TPSA) is 46.5 Å². The van der Waals surface area contributed by atoms with Crippen LogP contribution in [0.15, 0.2) is 54.6 Å². The fourth-order valence-corrected chi connectivity index (χ4v) is 3.40. The predicted molar refractivity (Wildman–Crippen MR) is 90.3 cm³/mol. The number of rotatable bonds is 5. The van der Waals surface area contributed by atoms with Crippen molar-refractivity contribution in [2.24, 2.45) is 11.3 Å². The van der Waals surface area contributed by atoms with Gasteiger partial charge in [0.05, 0.1) is 12.0 Å².